The van der Waals surface area contributed by atoms with Crippen LogP contribution in [0.4, 0.5) is 0 Å². The van der Waals surface area contributed by atoms with Crippen LogP contribution in [0.3, 0.4) is 0 Å². The van der Waals surface area contributed by atoms with Crippen LogP contribution < -0.4 is 0 Å². The first-order chi connectivity index (χ1) is 8.24. The van der Waals surface area contributed by atoms with Gasteiger partial charge in [0.25, 0.3) is 5.91 Å². The lowest BCUT2D eigenvalue weighted by molar-refractivity contribution is 0.0662. The number of likely N-dealkylation sites (tertiary alicyclic amines) is 1. The number of piperidine rings is 1. The fraction of sp³-hybridized carbons (Fsp3) is 0.538. The molecule has 3 nitrogen and oxygen atoms in total. The minimum Gasteiger partial charge on any atom is -0.338 e. The number of fused-ring (bicyclic) bond motifs is 2. The number of pyridine rings is 1. The van der Waals surface area contributed by atoms with Crippen LogP contribution in [0.5, 0.6) is 0 Å². The fourth-order valence-electron chi connectivity index (χ4n) is 3.09. The molecule has 3 rings (SSSR count). The Morgan fingerprint density at radius 2 is 2.06 bits per heavy atom. The summed E-state index contributed by atoms with van der Waals surface area (Å²) >= 11 is 6.02. The van der Waals surface area contributed by atoms with E-state index in [2.05, 4.69) is 4.98 Å². The molecule has 0 radical (unpaired) electrons. The van der Waals surface area contributed by atoms with Crippen LogP contribution in [0.1, 0.15) is 29.6 Å². The third-order valence-electron chi connectivity index (χ3n) is 3.90. The van der Waals surface area contributed by atoms with Crippen molar-refractivity contribution in [3.05, 3.63) is 29.0 Å². The van der Waals surface area contributed by atoms with Crippen LogP contribution >= 0.6 is 11.6 Å². The summed E-state index contributed by atoms with van der Waals surface area (Å²) in [5, 5.41) is 0.454. The SMILES string of the molecule is O=C(c1ccncc1Cl)N1C[C@@H]2CC[C@@H](C2)C1. The summed E-state index contributed by atoms with van der Waals surface area (Å²) in [6.45, 7) is 1.79. The number of halogens is 1. The van der Waals surface area contributed by atoms with Gasteiger partial charge in [0.1, 0.15) is 0 Å². The maximum atomic E-state index is 12.4. The topological polar surface area (TPSA) is 33.2 Å². The maximum absolute atomic E-state index is 12.4. The van der Waals surface area contributed by atoms with Crippen molar-refractivity contribution in [2.75, 3.05) is 13.1 Å². The van der Waals surface area contributed by atoms with E-state index in [0.717, 1.165) is 13.1 Å². The molecule has 1 saturated heterocycles. The van der Waals surface area contributed by atoms with Gasteiger partial charge in [-0.05, 0) is 37.2 Å². The molecule has 2 atom stereocenters. The first-order valence-electron chi connectivity index (χ1n) is 6.13. The molecule has 1 aromatic rings. The quantitative estimate of drug-likeness (QED) is 0.768. The lowest BCUT2D eigenvalue weighted by Crippen LogP contribution is -2.40. The molecule has 2 aliphatic rings. The molecule has 0 spiro atoms. The molecule has 1 aliphatic carbocycles. The van der Waals surface area contributed by atoms with Crippen LogP contribution in [-0.4, -0.2) is 28.9 Å². The van der Waals surface area contributed by atoms with Crippen LogP contribution in [0.25, 0.3) is 0 Å². The zero-order valence-corrected chi connectivity index (χ0v) is 10.4. The summed E-state index contributed by atoms with van der Waals surface area (Å²) in [5.74, 6) is 1.48. The number of hydrogen-bond acceptors (Lipinski definition) is 2. The van der Waals surface area contributed by atoms with E-state index in [-0.39, 0.29) is 5.91 Å². The first kappa shape index (κ1) is 11.0. The van der Waals surface area contributed by atoms with Gasteiger partial charge in [-0.25, -0.2) is 0 Å². The second-order valence-corrected chi connectivity index (χ2v) is 5.52. The van der Waals surface area contributed by atoms with E-state index < -0.39 is 0 Å². The Morgan fingerprint density at radius 3 is 2.71 bits per heavy atom. The van der Waals surface area contributed by atoms with Crippen molar-refractivity contribution in [2.24, 2.45) is 11.8 Å². The Bertz CT molecular complexity index is 437. The second kappa shape index (κ2) is 4.30. The normalized spacial score (nSPS) is 27.2. The van der Waals surface area contributed by atoms with Gasteiger partial charge in [0.2, 0.25) is 0 Å². The van der Waals surface area contributed by atoms with Gasteiger partial charge in [0.05, 0.1) is 10.6 Å². The molecule has 0 unspecified atom stereocenters. The average Bonchev–Trinajstić information content (AvgIpc) is 2.68. The molecule has 17 heavy (non-hydrogen) atoms. The maximum Gasteiger partial charge on any atom is 0.255 e. The van der Waals surface area contributed by atoms with Gasteiger partial charge in [0, 0.05) is 25.5 Å². The van der Waals surface area contributed by atoms with Crippen molar-refractivity contribution in [2.45, 2.75) is 19.3 Å². The highest BCUT2D eigenvalue weighted by Crippen LogP contribution is 2.37. The fourth-order valence-corrected chi connectivity index (χ4v) is 3.29. The van der Waals surface area contributed by atoms with Gasteiger partial charge in [-0.1, -0.05) is 11.6 Å². The number of carbonyl (C=O) groups excluding carboxylic acids is 1. The molecule has 1 aliphatic heterocycles. The molecule has 1 aromatic heterocycles. The first-order valence-corrected chi connectivity index (χ1v) is 6.50. The summed E-state index contributed by atoms with van der Waals surface area (Å²) in [6, 6.07) is 1.71. The predicted molar refractivity (Wildman–Crippen MR) is 66.0 cm³/mol. The van der Waals surface area contributed by atoms with Gasteiger partial charge in [-0.3, -0.25) is 9.78 Å². The Balaban J connectivity index is 1.81. The van der Waals surface area contributed by atoms with Gasteiger partial charge in [0.15, 0.2) is 0 Å². The summed E-state index contributed by atoms with van der Waals surface area (Å²) in [6.07, 6.45) is 7.01. The second-order valence-electron chi connectivity index (χ2n) is 5.11. The monoisotopic (exact) mass is 250 g/mol. The van der Waals surface area contributed by atoms with E-state index in [1.54, 1.807) is 12.3 Å². The van der Waals surface area contributed by atoms with Gasteiger partial charge < -0.3 is 4.90 Å². The molecule has 1 saturated carbocycles. The molecular formula is C13H15ClN2O. The number of aromatic nitrogens is 1. The number of hydrogen-bond donors (Lipinski definition) is 0. The minimum absolute atomic E-state index is 0.0639. The lowest BCUT2D eigenvalue weighted by Gasteiger charge is -2.32. The molecule has 2 bridgehead atoms. The molecule has 0 N–H and O–H groups in total. The predicted octanol–water partition coefficient (Wildman–Crippen LogP) is 2.61. The van der Waals surface area contributed by atoms with Crippen LogP contribution in [0, 0.1) is 11.8 Å². The summed E-state index contributed by atoms with van der Waals surface area (Å²) in [7, 11) is 0. The highest BCUT2D eigenvalue weighted by molar-refractivity contribution is 6.33. The van der Waals surface area contributed by atoms with Crippen molar-refractivity contribution < 1.29 is 4.79 Å². The highest BCUT2D eigenvalue weighted by atomic mass is 35.5. The van der Waals surface area contributed by atoms with Crippen LogP contribution in [0.15, 0.2) is 18.5 Å². The summed E-state index contributed by atoms with van der Waals surface area (Å²) in [4.78, 5) is 18.2. The Hall–Kier alpha value is -1.09. The Kier molecular flexibility index (Phi) is 2.79. The Labute approximate surface area is 106 Å². The van der Waals surface area contributed by atoms with Crippen LogP contribution in [-0.2, 0) is 0 Å². The van der Waals surface area contributed by atoms with Gasteiger partial charge in [-0.2, -0.15) is 0 Å². The number of rotatable bonds is 1. The van der Waals surface area contributed by atoms with Gasteiger partial charge >= 0.3 is 0 Å². The van der Waals surface area contributed by atoms with Crippen molar-refractivity contribution in [3.63, 3.8) is 0 Å². The van der Waals surface area contributed by atoms with Crippen molar-refractivity contribution >= 4 is 17.5 Å². The van der Waals surface area contributed by atoms with Gasteiger partial charge in [-0.15, -0.1) is 0 Å². The lowest BCUT2D eigenvalue weighted by atomic mass is 9.98. The molecular weight excluding hydrogens is 236 g/mol. The Morgan fingerprint density at radius 1 is 1.35 bits per heavy atom. The molecule has 90 valence electrons. The van der Waals surface area contributed by atoms with E-state index in [0.29, 0.717) is 22.4 Å². The smallest absolute Gasteiger partial charge is 0.255 e. The molecule has 2 fully saturated rings. The average molecular weight is 251 g/mol. The summed E-state index contributed by atoms with van der Waals surface area (Å²) < 4.78 is 0. The third-order valence-corrected chi connectivity index (χ3v) is 4.20. The standard InChI is InChI=1S/C13H15ClN2O/c14-12-6-15-4-3-11(12)13(17)16-7-9-1-2-10(5-9)8-16/h3-4,6,9-10H,1-2,5,7-8H2/t9-,10+. The minimum atomic E-state index is 0.0639. The van der Waals surface area contributed by atoms with Crippen molar-refractivity contribution in [1.82, 2.24) is 9.88 Å². The van der Waals surface area contributed by atoms with E-state index in [1.807, 2.05) is 4.90 Å². The zero-order chi connectivity index (χ0) is 11.8. The molecule has 1 amide bonds. The molecule has 4 heteroatoms. The number of amides is 1. The van der Waals surface area contributed by atoms with E-state index in [9.17, 15) is 4.79 Å². The van der Waals surface area contributed by atoms with E-state index >= 15 is 0 Å². The third kappa shape index (κ3) is 2.04. The van der Waals surface area contributed by atoms with Crippen molar-refractivity contribution in [1.29, 1.82) is 0 Å². The highest BCUT2D eigenvalue weighted by Gasteiger charge is 2.35. The zero-order valence-electron chi connectivity index (χ0n) is 9.60. The number of nitrogens with zero attached hydrogens (tertiary/aromatic N) is 2. The summed E-state index contributed by atoms with van der Waals surface area (Å²) in [5.41, 5.74) is 0.586. The number of carbonyl (C=O) groups is 1. The van der Waals surface area contributed by atoms with E-state index in [1.165, 1.54) is 25.5 Å². The van der Waals surface area contributed by atoms with Crippen molar-refractivity contribution in [3.8, 4) is 0 Å². The largest absolute Gasteiger partial charge is 0.338 e. The molecule has 2 heterocycles. The molecule has 0 aromatic carbocycles. The van der Waals surface area contributed by atoms with E-state index in [4.69, 9.17) is 11.6 Å². The van der Waals surface area contributed by atoms with Crippen LogP contribution in [0.2, 0.25) is 5.02 Å².